The van der Waals surface area contributed by atoms with Gasteiger partial charge in [-0.2, -0.15) is 0 Å². The minimum Gasteiger partial charge on any atom is -0.319 e. The maximum atomic E-state index is 11.8. The van der Waals surface area contributed by atoms with Crippen LogP contribution >= 0.6 is 11.3 Å². The fourth-order valence-corrected chi connectivity index (χ4v) is 1.93. The number of thiazole rings is 1. The lowest BCUT2D eigenvalue weighted by Gasteiger charge is -2.02. The van der Waals surface area contributed by atoms with Gasteiger partial charge in [-0.25, -0.2) is 4.98 Å². The van der Waals surface area contributed by atoms with Gasteiger partial charge in [0, 0.05) is 35.9 Å². The van der Waals surface area contributed by atoms with E-state index in [4.69, 9.17) is 0 Å². The predicted molar refractivity (Wildman–Crippen MR) is 66.5 cm³/mol. The van der Waals surface area contributed by atoms with Crippen molar-refractivity contribution in [2.45, 2.75) is 6.92 Å². The highest BCUT2D eigenvalue weighted by atomic mass is 32.1. The molecule has 1 N–H and O–H groups in total. The molecule has 2 rings (SSSR count). The second kappa shape index (κ2) is 4.50. The minimum absolute atomic E-state index is 0.215. The molecule has 0 aromatic carbocycles. The number of hydrogen-bond donors (Lipinski definition) is 1. The molecule has 17 heavy (non-hydrogen) atoms. The van der Waals surface area contributed by atoms with Gasteiger partial charge in [0.2, 0.25) is 0 Å². The quantitative estimate of drug-likeness (QED) is 0.875. The third kappa shape index (κ3) is 2.59. The van der Waals surface area contributed by atoms with E-state index in [2.05, 4.69) is 10.3 Å². The maximum Gasteiger partial charge on any atom is 0.257 e. The number of nitrogens with zero attached hydrogens (tertiary/aromatic N) is 2. The molecule has 0 aliphatic carbocycles. The zero-order valence-electron chi connectivity index (χ0n) is 9.43. The molecule has 2 aromatic rings. The standard InChI is InChI=1S/C11H11N3O2S/c1-7-6-12-11(17-7)13-10(16)8-3-4-14(2)9(15)5-8/h3-6H,1-2H3,(H,12,13,16). The molecule has 0 aliphatic heterocycles. The van der Waals surface area contributed by atoms with E-state index in [0.29, 0.717) is 10.7 Å². The SMILES string of the molecule is Cc1cnc(NC(=O)c2ccn(C)c(=O)c2)s1. The van der Waals surface area contributed by atoms with E-state index in [1.807, 2.05) is 6.92 Å². The Morgan fingerprint density at radius 3 is 2.88 bits per heavy atom. The number of anilines is 1. The van der Waals surface area contributed by atoms with E-state index in [1.165, 1.54) is 22.0 Å². The Hall–Kier alpha value is -1.95. The molecule has 0 unspecified atom stereocenters. The van der Waals surface area contributed by atoms with Crippen molar-refractivity contribution in [1.29, 1.82) is 0 Å². The summed E-state index contributed by atoms with van der Waals surface area (Å²) >= 11 is 1.39. The van der Waals surface area contributed by atoms with Crippen molar-refractivity contribution in [3.05, 3.63) is 45.3 Å². The molecule has 5 nitrogen and oxygen atoms in total. The van der Waals surface area contributed by atoms with Gasteiger partial charge in [-0.3, -0.25) is 14.9 Å². The van der Waals surface area contributed by atoms with Gasteiger partial charge < -0.3 is 4.57 Å². The van der Waals surface area contributed by atoms with Crippen LogP contribution in [0.1, 0.15) is 15.2 Å². The Balaban J connectivity index is 2.20. The van der Waals surface area contributed by atoms with Gasteiger partial charge in [0.15, 0.2) is 5.13 Å². The Kier molecular flexibility index (Phi) is 3.06. The van der Waals surface area contributed by atoms with Crippen LogP contribution in [0.15, 0.2) is 29.3 Å². The molecular formula is C11H11N3O2S. The molecule has 1 amide bonds. The van der Waals surface area contributed by atoms with Crippen molar-refractivity contribution in [3.63, 3.8) is 0 Å². The number of carbonyl (C=O) groups is 1. The van der Waals surface area contributed by atoms with Crippen molar-refractivity contribution >= 4 is 22.4 Å². The zero-order valence-corrected chi connectivity index (χ0v) is 10.2. The second-order valence-electron chi connectivity index (χ2n) is 3.59. The third-order valence-electron chi connectivity index (χ3n) is 2.21. The average Bonchev–Trinajstić information content (AvgIpc) is 2.68. The molecule has 0 radical (unpaired) electrons. The van der Waals surface area contributed by atoms with Gasteiger partial charge in [0.05, 0.1) is 0 Å². The van der Waals surface area contributed by atoms with E-state index in [1.54, 1.807) is 25.5 Å². The minimum atomic E-state index is -0.322. The monoisotopic (exact) mass is 249 g/mol. The van der Waals surface area contributed by atoms with Crippen molar-refractivity contribution in [2.75, 3.05) is 5.32 Å². The zero-order chi connectivity index (χ0) is 12.4. The Morgan fingerprint density at radius 2 is 2.29 bits per heavy atom. The van der Waals surface area contributed by atoms with Crippen LogP contribution in [0.5, 0.6) is 0 Å². The predicted octanol–water partition coefficient (Wildman–Crippen LogP) is 1.40. The van der Waals surface area contributed by atoms with Gasteiger partial charge in [-0.15, -0.1) is 11.3 Å². The van der Waals surface area contributed by atoms with Crippen molar-refractivity contribution in [2.24, 2.45) is 7.05 Å². The molecule has 0 saturated heterocycles. The highest BCUT2D eigenvalue weighted by Crippen LogP contribution is 2.17. The summed E-state index contributed by atoms with van der Waals surface area (Å²) in [6.45, 7) is 1.91. The van der Waals surface area contributed by atoms with Gasteiger partial charge in [-0.1, -0.05) is 0 Å². The first-order valence-corrected chi connectivity index (χ1v) is 5.78. The summed E-state index contributed by atoms with van der Waals surface area (Å²) in [7, 11) is 1.63. The van der Waals surface area contributed by atoms with Crippen LogP contribution in [-0.2, 0) is 7.05 Å². The van der Waals surface area contributed by atoms with Crippen LogP contribution in [0.3, 0.4) is 0 Å². The summed E-state index contributed by atoms with van der Waals surface area (Å²) in [5.41, 5.74) is 0.119. The van der Waals surface area contributed by atoms with Gasteiger partial charge in [0.1, 0.15) is 0 Å². The average molecular weight is 249 g/mol. The van der Waals surface area contributed by atoms with Gasteiger partial charge >= 0.3 is 0 Å². The second-order valence-corrected chi connectivity index (χ2v) is 4.83. The van der Waals surface area contributed by atoms with E-state index < -0.39 is 0 Å². The summed E-state index contributed by atoms with van der Waals surface area (Å²) in [5.74, 6) is -0.322. The fourth-order valence-electron chi connectivity index (χ4n) is 1.27. The van der Waals surface area contributed by atoms with Crippen LogP contribution in [0, 0.1) is 6.92 Å². The fraction of sp³-hybridized carbons (Fsp3) is 0.182. The molecule has 0 atom stereocenters. The Labute approximate surface area is 102 Å². The first-order valence-electron chi connectivity index (χ1n) is 4.97. The molecule has 0 spiro atoms. The number of nitrogens with one attached hydrogen (secondary N) is 1. The van der Waals surface area contributed by atoms with Crippen LogP contribution in [0.2, 0.25) is 0 Å². The maximum absolute atomic E-state index is 11.8. The highest BCUT2D eigenvalue weighted by Gasteiger charge is 2.08. The van der Waals surface area contributed by atoms with Crippen molar-refractivity contribution in [3.8, 4) is 0 Å². The summed E-state index contributed by atoms with van der Waals surface area (Å²) in [6.07, 6.45) is 3.24. The molecule has 2 aromatic heterocycles. The summed E-state index contributed by atoms with van der Waals surface area (Å²) < 4.78 is 1.41. The number of aryl methyl sites for hydroxylation is 2. The molecule has 88 valence electrons. The number of aromatic nitrogens is 2. The number of rotatable bonds is 2. The lowest BCUT2D eigenvalue weighted by molar-refractivity contribution is 0.102. The molecule has 0 saturated carbocycles. The number of hydrogen-bond acceptors (Lipinski definition) is 4. The van der Waals surface area contributed by atoms with Crippen LogP contribution in [0.25, 0.3) is 0 Å². The number of pyridine rings is 1. The normalized spacial score (nSPS) is 10.2. The number of carbonyl (C=O) groups excluding carboxylic acids is 1. The van der Waals surface area contributed by atoms with E-state index >= 15 is 0 Å². The van der Waals surface area contributed by atoms with Gasteiger partial charge in [-0.05, 0) is 13.0 Å². The summed E-state index contributed by atoms with van der Waals surface area (Å²) in [6, 6.07) is 2.90. The van der Waals surface area contributed by atoms with Crippen LogP contribution < -0.4 is 10.9 Å². The Morgan fingerprint density at radius 1 is 1.53 bits per heavy atom. The number of amides is 1. The summed E-state index contributed by atoms with van der Waals surface area (Å²) in [5, 5.41) is 3.18. The first kappa shape index (κ1) is 11.5. The van der Waals surface area contributed by atoms with Crippen LogP contribution in [0.4, 0.5) is 5.13 Å². The molecule has 2 heterocycles. The molecule has 6 heteroatoms. The lowest BCUT2D eigenvalue weighted by atomic mass is 10.2. The summed E-state index contributed by atoms with van der Waals surface area (Å²) in [4.78, 5) is 28.2. The highest BCUT2D eigenvalue weighted by molar-refractivity contribution is 7.15. The third-order valence-corrected chi connectivity index (χ3v) is 3.04. The lowest BCUT2D eigenvalue weighted by Crippen LogP contribution is -2.19. The van der Waals surface area contributed by atoms with Crippen molar-refractivity contribution < 1.29 is 4.79 Å². The van der Waals surface area contributed by atoms with E-state index in [0.717, 1.165) is 4.88 Å². The molecular weight excluding hydrogens is 238 g/mol. The van der Waals surface area contributed by atoms with Crippen molar-refractivity contribution in [1.82, 2.24) is 9.55 Å². The largest absolute Gasteiger partial charge is 0.319 e. The van der Waals surface area contributed by atoms with E-state index in [-0.39, 0.29) is 11.5 Å². The Bertz CT molecular complexity index is 615. The molecule has 0 bridgehead atoms. The molecule has 0 aliphatic rings. The topological polar surface area (TPSA) is 64.0 Å². The first-order chi connectivity index (χ1) is 8.06. The van der Waals surface area contributed by atoms with E-state index in [9.17, 15) is 9.59 Å². The molecule has 0 fully saturated rings. The van der Waals surface area contributed by atoms with Crippen LogP contribution in [-0.4, -0.2) is 15.5 Å². The van der Waals surface area contributed by atoms with Gasteiger partial charge in [0.25, 0.3) is 11.5 Å². The smallest absolute Gasteiger partial charge is 0.257 e.